The van der Waals surface area contributed by atoms with Gasteiger partial charge in [0.15, 0.2) is 0 Å². The van der Waals surface area contributed by atoms with Crippen molar-refractivity contribution in [3.63, 3.8) is 0 Å². The number of aliphatic imine (C=N–C) groups is 1. The molecule has 0 aromatic carbocycles. The van der Waals surface area contributed by atoms with E-state index in [0.29, 0.717) is 12.1 Å². The van der Waals surface area contributed by atoms with Crippen molar-refractivity contribution in [1.82, 2.24) is 0 Å². The molecule has 7 heavy (non-hydrogen) atoms. The molecular weight excluding hydrogens is 88.1 g/mol. The molecule has 1 heterocycles. The average molecular weight is 92.1 g/mol. The first-order valence-corrected chi connectivity index (χ1v) is 2.03. The van der Waals surface area contributed by atoms with Crippen LogP contribution in [-0.2, 0) is 0 Å². The van der Waals surface area contributed by atoms with E-state index >= 15 is 0 Å². The van der Waals surface area contributed by atoms with Crippen LogP contribution in [0.5, 0.6) is 0 Å². The Morgan fingerprint density at radius 1 is 1.86 bits per heavy atom. The summed E-state index contributed by atoms with van der Waals surface area (Å²) in [5, 5.41) is 8.16. The molecule has 0 N–H and O–H groups in total. The van der Waals surface area contributed by atoms with Gasteiger partial charge in [0.05, 0.1) is 12.1 Å². The highest BCUT2D eigenvalue weighted by Gasteiger charge is 1.92. The third kappa shape index (κ3) is 0.660. The summed E-state index contributed by atoms with van der Waals surface area (Å²) in [7, 11) is 0. The molecule has 0 atom stereocenters. The van der Waals surface area contributed by atoms with E-state index in [1.54, 1.807) is 12.3 Å². The molecule has 0 amide bonds. The number of hydrogen-bond donors (Lipinski definition) is 0. The van der Waals surface area contributed by atoms with Crippen molar-refractivity contribution < 1.29 is 0 Å². The van der Waals surface area contributed by atoms with Gasteiger partial charge < -0.3 is 0 Å². The van der Waals surface area contributed by atoms with Gasteiger partial charge in [-0.05, 0) is 6.08 Å². The van der Waals surface area contributed by atoms with Crippen LogP contribution in [0.2, 0.25) is 0 Å². The van der Waals surface area contributed by atoms with Gasteiger partial charge in [0, 0.05) is 6.21 Å². The van der Waals surface area contributed by atoms with Gasteiger partial charge in [-0.1, -0.05) is 0 Å². The monoisotopic (exact) mass is 92.0 g/mol. The lowest BCUT2D eigenvalue weighted by atomic mass is 10.3. The van der Waals surface area contributed by atoms with E-state index in [1.807, 2.05) is 6.07 Å². The minimum absolute atomic E-state index is 0.681. The van der Waals surface area contributed by atoms with E-state index in [-0.39, 0.29) is 0 Å². The van der Waals surface area contributed by atoms with Gasteiger partial charge in [0.25, 0.3) is 0 Å². The second-order valence-electron chi connectivity index (χ2n) is 1.27. The van der Waals surface area contributed by atoms with Gasteiger partial charge in [-0.3, -0.25) is 4.99 Å². The molecule has 0 saturated carbocycles. The molecular formula is C5H4N2. The zero-order valence-electron chi connectivity index (χ0n) is 3.76. The van der Waals surface area contributed by atoms with E-state index in [2.05, 4.69) is 4.99 Å². The Balaban J connectivity index is 2.75. The molecule has 2 nitrogen and oxygen atoms in total. The maximum Gasteiger partial charge on any atom is 0.100 e. The summed E-state index contributed by atoms with van der Waals surface area (Å²) in [6.07, 6.45) is 3.38. The van der Waals surface area contributed by atoms with Crippen molar-refractivity contribution in [2.75, 3.05) is 6.54 Å². The van der Waals surface area contributed by atoms with Crippen LogP contribution in [0, 0.1) is 11.3 Å². The van der Waals surface area contributed by atoms with Crippen LogP contribution in [0.3, 0.4) is 0 Å². The van der Waals surface area contributed by atoms with E-state index in [9.17, 15) is 0 Å². The van der Waals surface area contributed by atoms with Gasteiger partial charge in [-0.25, -0.2) is 0 Å². The maximum atomic E-state index is 8.16. The van der Waals surface area contributed by atoms with E-state index in [4.69, 9.17) is 5.26 Å². The maximum absolute atomic E-state index is 8.16. The first-order chi connectivity index (χ1) is 3.43. The molecule has 0 spiro atoms. The minimum Gasteiger partial charge on any atom is -0.288 e. The van der Waals surface area contributed by atoms with Gasteiger partial charge in [0.2, 0.25) is 0 Å². The summed E-state index contributed by atoms with van der Waals surface area (Å²) in [6.45, 7) is 0.683. The number of nitrogens with zero attached hydrogens (tertiary/aromatic N) is 2. The van der Waals surface area contributed by atoms with Crippen LogP contribution < -0.4 is 0 Å². The highest BCUT2D eigenvalue weighted by Crippen LogP contribution is 1.93. The van der Waals surface area contributed by atoms with Gasteiger partial charge in [0.1, 0.15) is 6.07 Å². The molecule has 1 rings (SSSR count). The van der Waals surface area contributed by atoms with Crippen LogP contribution >= 0.6 is 0 Å². The topological polar surface area (TPSA) is 36.1 Å². The van der Waals surface area contributed by atoms with Gasteiger partial charge in [-0.15, -0.1) is 0 Å². The highest BCUT2D eigenvalue weighted by molar-refractivity contribution is 5.85. The van der Waals surface area contributed by atoms with Crippen LogP contribution in [-0.4, -0.2) is 12.8 Å². The summed E-state index contributed by atoms with van der Waals surface area (Å²) in [4.78, 5) is 3.80. The zero-order valence-corrected chi connectivity index (χ0v) is 3.76. The second-order valence-corrected chi connectivity index (χ2v) is 1.27. The number of allylic oxidation sites excluding steroid dienone is 1. The zero-order chi connectivity index (χ0) is 5.11. The predicted octanol–water partition coefficient (Wildman–Crippen LogP) is 0.521. The first-order valence-electron chi connectivity index (χ1n) is 2.03. The number of nitriles is 1. The Bertz CT molecular complexity index is 159. The fraction of sp³-hybridized carbons (Fsp3) is 0.200. The Morgan fingerprint density at radius 3 is 3.00 bits per heavy atom. The SMILES string of the molecule is N#CC1=CCN=C1. The molecule has 0 unspecified atom stereocenters. The van der Waals surface area contributed by atoms with Crippen molar-refractivity contribution in [2.45, 2.75) is 0 Å². The Morgan fingerprint density at radius 2 is 2.71 bits per heavy atom. The van der Waals surface area contributed by atoms with Crippen molar-refractivity contribution in [1.29, 1.82) is 5.26 Å². The Hall–Kier alpha value is -1.10. The molecule has 0 aromatic rings. The molecule has 0 aliphatic carbocycles. The lowest BCUT2D eigenvalue weighted by molar-refractivity contribution is 1.29. The third-order valence-electron chi connectivity index (χ3n) is 0.776. The molecule has 0 saturated heterocycles. The van der Waals surface area contributed by atoms with Crippen LogP contribution in [0.25, 0.3) is 0 Å². The number of rotatable bonds is 0. The summed E-state index contributed by atoms with van der Waals surface area (Å²) in [5.74, 6) is 0. The second kappa shape index (κ2) is 1.57. The van der Waals surface area contributed by atoms with Crippen molar-refractivity contribution in [2.24, 2.45) is 4.99 Å². The summed E-state index contributed by atoms with van der Waals surface area (Å²) in [5.41, 5.74) is 0.681. The van der Waals surface area contributed by atoms with Crippen molar-refractivity contribution >= 4 is 6.21 Å². The lowest BCUT2D eigenvalue weighted by Gasteiger charge is -1.66. The molecule has 1 aliphatic heterocycles. The van der Waals surface area contributed by atoms with Gasteiger partial charge >= 0.3 is 0 Å². The standard InChI is InChI=1S/C5H4N2/c6-3-5-1-2-7-4-5/h1,4H,2H2. The molecule has 2 heteroatoms. The molecule has 0 aromatic heterocycles. The van der Waals surface area contributed by atoms with Crippen molar-refractivity contribution in [3.8, 4) is 6.07 Å². The first kappa shape index (κ1) is 4.07. The van der Waals surface area contributed by atoms with Crippen molar-refractivity contribution in [3.05, 3.63) is 11.6 Å². The molecule has 1 aliphatic rings. The predicted molar refractivity (Wildman–Crippen MR) is 27.1 cm³/mol. The fourth-order valence-electron chi connectivity index (χ4n) is 0.429. The van der Waals surface area contributed by atoms with E-state index in [0.717, 1.165) is 0 Å². The summed E-state index contributed by atoms with van der Waals surface area (Å²) < 4.78 is 0. The largest absolute Gasteiger partial charge is 0.288 e. The minimum atomic E-state index is 0.681. The molecule has 0 radical (unpaired) electrons. The smallest absolute Gasteiger partial charge is 0.100 e. The molecule has 0 bridgehead atoms. The fourth-order valence-corrected chi connectivity index (χ4v) is 0.429. The molecule has 0 fully saturated rings. The average Bonchev–Trinajstić information content (AvgIpc) is 2.14. The molecule has 34 valence electrons. The quantitative estimate of drug-likeness (QED) is 0.429. The third-order valence-corrected chi connectivity index (χ3v) is 0.776. The normalized spacial score (nSPS) is 16.1. The number of hydrogen-bond acceptors (Lipinski definition) is 2. The van der Waals surface area contributed by atoms with Crippen LogP contribution in [0.15, 0.2) is 16.6 Å². The van der Waals surface area contributed by atoms with E-state index in [1.165, 1.54) is 0 Å². The van der Waals surface area contributed by atoms with Crippen LogP contribution in [0.1, 0.15) is 0 Å². The van der Waals surface area contributed by atoms with Gasteiger partial charge in [-0.2, -0.15) is 5.26 Å². The Kier molecular flexibility index (Phi) is 0.910. The summed E-state index contributed by atoms with van der Waals surface area (Å²) in [6, 6.07) is 1.98. The van der Waals surface area contributed by atoms with Crippen LogP contribution in [0.4, 0.5) is 0 Å². The lowest BCUT2D eigenvalue weighted by Crippen LogP contribution is -1.68. The highest BCUT2D eigenvalue weighted by atomic mass is 14.7. The summed E-state index contributed by atoms with van der Waals surface area (Å²) >= 11 is 0. The van der Waals surface area contributed by atoms with E-state index < -0.39 is 0 Å². The Labute approximate surface area is 41.8 Å².